The van der Waals surface area contributed by atoms with Crippen molar-refractivity contribution in [3.05, 3.63) is 0 Å². The van der Waals surface area contributed by atoms with Crippen LogP contribution in [0.25, 0.3) is 0 Å². The Morgan fingerprint density at radius 1 is 1.73 bits per heavy atom. The van der Waals surface area contributed by atoms with Gasteiger partial charge in [0.05, 0.1) is 0 Å². The lowest BCUT2D eigenvalue weighted by atomic mass is 10.1. The number of carbonyl (C=O) groups is 1. The third kappa shape index (κ3) is 3.95. The number of hydrogen-bond acceptors (Lipinski definition) is 3. The number of nitrogens with one attached hydrogen (secondary N) is 1. The van der Waals surface area contributed by atoms with Crippen molar-refractivity contribution in [2.45, 2.75) is 39.0 Å². The fraction of sp³-hybridized carbons (Fsp3) is 0.857. The summed E-state index contributed by atoms with van der Waals surface area (Å²) in [7, 11) is 0. The number of carboxylic acids is 1. The average Bonchev–Trinajstić information content (AvgIpc) is 1.87. The largest absolute Gasteiger partial charge is 0.480 e. The monoisotopic (exact) mass is 161 g/mol. The van der Waals surface area contributed by atoms with E-state index in [1.54, 1.807) is 13.8 Å². The molecule has 0 bridgehead atoms. The summed E-state index contributed by atoms with van der Waals surface area (Å²) in [5.41, 5.74) is -1.09. The molecule has 0 saturated carbocycles. The first-order chi connectivity index (χ1) is 4.89. The Hall–Kier alpha value is -0.610. The van der Waals surface area contributed by atoms with Gasteiger partial charge in [-0.15, -0.1) is 0 Å². The molecular weight excluding hydrogens is 146 g/mol. The molecule has 0 aliphatic rings. The van der Waals surface area contributed by atoms with Gasteiger partial charge in [-0.25, -0.2) is 0 Å². The van der Waals surface area contributed by atoms with Crippen LogP contribution in [-0.4, -0.2) is 27.9 Å². The second-order valence-electron chi connectivity index (χ2n) is 2.83. The van der Waals surface area contributed by atoms with Crippen LogP contribution in [0.5, 0.6) is 0 Å². The molecule has 0 aliphatic carbocycles. The van der Waals surface area contributed by atoms with Crippen LogP contribution in [0.4, 0.5) is 0 Å². The van der Waals surface area contributed by atoms with Gasteiger partial charge in [-0.1, -0.05) is 6.92 Å². The summed E-state index contributed by atoms with van der Waals surface area (Å²) in [6, 6.07) is -0.718. The topological polar surface area (TPSA) is 69.6 Å². The van der Waals surface area contributed by atoms with Crippen molar-refractivity contribution in [3.63, 3.8) is 0 Å². The Morgan fingerprint density at radius 3 is 2.45 bits per heavy atom. The lowest BCUT2D eigenvalue weighted by Gasteiger charge is -2.25. The van der Waals surface area contributed by atoms with Crippen LogP contribution < -0.4 is 5.32 Å². The van der Waals surface area contributed by atoms with Crippen molar-refractivity contribution in [1.29, 1.82) is 0 Å². The lowest BCUT2D eigenvalue weighted by molar-refractivity contribution is -0.141. The van der Waals surface area contributed by atoms with Gasteiger partial charge in [-0.2, -0.15) is 0 Å². The van der Waals surface area contributed by atoms with Gasteiger partial charge < -0.3 is 10.2 Å². The normalized spacial score (nSPS) is 18.9. The summed E-state index contributed by atoms with van der Waals surface area (Å²) in [4.78, 5) is 10.3. The Kier molecular flexibility index (Phi) is 3.48. The first-order valence-electron chi connectivity index (χ1n) is 3.62. The van der Waals surface area contributed by atoms with Gasteiger partial charge in [0.15, 0.2) is 0 Å². The van der Waals surface area contributed by atoms with Gasteiger partial charge in [0.25, 0.3) is 0 Å². The molecular formula is C7H15NO3. The van der Waals surface area contributed by atoms with E-state index in [-0.39, 0.29) is 0 Å². The van der Waals surface area contributed by atoms with Crippen LogP contribution in [0.3, 0.4) is 0 Å². The van der Waals surface area contributed by atoms with Crippen LogP contribution in [0.1, 0.15) is 27.2 Å². The highest BCUT2D eigenvalue weighted by Gasteiger charge is 2.22. The molecule has 0 radical (unpaired) electrons. The van der Waals surface area contributed by atoms with Gasteiger partial charge in [-0.3, -0.25) is 10.1 Å². The minimum absolute atomic E-state index is 0.477. The number of aliphatic hydroxyl groups is 1. The molecule has 0 aromatic heterocycles. The zero-order valence-corrected chi connectivity index (χ0v) is 7.09. The highest BCUT2D eigenvalue weighted by molar-refractivity contribution is 5.72. The van der Waals surface area contributed by atoms with E-state index < -0.39 is 17.7 Å². The molecule has 0 amide bonds. The Bertz CT molecular complexity index is 145. The zero-order valence-electron chi connectivity index (χ0n) is 7.09. The molecule has 0 saturated heterocycles. The molecule has 0 aliphatic heterocycles. The van der Waals surface area contributed by atoms with Crippen molar-refractivity contribution >= 4 is 5.97 Å². The molecule has 0 aromatic rings. The maximum absolute atomic E-state index is 10.3. The Balaban J connectivity index is 3.93. The molecule has 11 heavy (non-hydrogen) atoms. The molecule has 2 unspecified atom stereocenters. The van der Waals surface area contributed by atoms with E-state index in [9.17, 15) is 9.90 Å². The minimum Gasteiger partial charge on any atom is -0.480 e. The molecule has 3 N–H and O–H groups in total. The molecule has 0 rings (SSSR count). The first-order valence-corrected chi connectivity index (χ1v) is 3.62. The van der Waals surface area contributed by atoms with E-state index >= 15 is 0 Å². The van der Waals surface area contributed by atoms with Gasteiger partial charge in [0.2, 0.25) is 0 Å². The first kappa shape index (κ1) is 10.4. The average molecular weight is 161 g/mol. The van der Waals surface area contributed by atoms with Gasteiger partial charge in [-0.05, 0) is 20.3 Å². The summed E-state index contributed by atoms with van der Waals surface area (Å²) < 4.78 is 0. The van der Waals surface area contributed by atoms with Crippen molar-refractivity contribution in [1.82, 2.24) is 5.32 Å². The van der Waals surface area contributed by atoms with Crippen molar-refractivity contribution < 1.29 is 15.0 Å². The third-order valence-corrected chi connectivity index (χ3v) is 1.59. The molecule has 4 heteroatoms. The van der Waals surface area contributed by atoms with Crippen molar-refractivity contribution in [3.8, 4) is 0 Å². The molecule has 66 valence electrons. The Morgan fingerprint density at radius 2 is 2.18 bits per heavy atom. The van der Waals surface area contributed by atoms with Crippen LogP contribution in [-0.2, 0) is 4.79 Å². The molecule has 0 spiro atoms. The lowest BCUT2D eigenvalue weighted by Crippen LogP contribution is -2.49. The van der Waals surface area contributed by atoms with E-state index in [0.29, 0.717) is 6.42 Å². The van der Waals surface area contributed by atoms with Crippen LogP contribution >= 0.6 is 0 Å². The van der Waals surface area contributed by atoms with E-state index in [1.165, 1.54) is 6.92 Å². The molecule has 4 nitrogen and oxygen atoms in total. The van der Waals surface area contributed by atoms with E-state index in [2.05, 4.69) is 5.32 Å². The summed E-state index contributed by atoms with van der Waals surface area (Å²) in [6.45, 7) is 4.82. The summed E-state index contributed by atoms with van der Waals surface area (Å²) in [6.07, 6.45) is 0.477. The highest BCUT2D eigenvalue weighted by Crippen LogP contribution is 2.04. The number of rotatable bonds is 4. The summed E-state index contributed by atoms with van der Waals surface area (Å²) >= 11 is 0. The van der Waals surface area contributed by atoms with Gasteiger partial charge in [0.1, 0.15) is 11.8 Å². The molecule has 0 heterocycles. The fourth-order valence-electron chi connectivity index (χ4n) is 0.630. The van der Waals surface area contributed by atoms with E-state index in [0.717, 1.165) is 0 Å². The van der Waals surface area contributed by atoms with Crippen molar-refractivity contribution in [2.24, 2.45) is 0 Å². The van der Waals surface area contributed by atoms with Gasteiger partial charge >= 0.3 is 5.97 Å². The fourth-order valence-corrected chi connectivity index (χ4v) is 0.630. The number of hydrogen-bond donors (Lipinski definition) is 3. The predicted octanol–water partition coefficient (Wildman–Crippen LogP) is 0.168. The maximum atomic E-state index is 10.3. The quantitative estimate of drug-likeness (QED) is 0.514. The molecule has 2 atom stereocenters. The second kappa shape index (κ2) is 3.69. The number of carboxylic acid groups (broad SMARTS) is 1. The SMILES string of the molecule is CCC(C)(O)NC(C)C(=O)O. The molecule has 0 fully saturated rings. The smallest absolute Gasteiger partial charge is 0.320 e. The standard InChI is InChI=1S/C7H15NO3/c1-4-7(3,11)8-5(2)6(9)10/h5,8,11H,4H2,1-3H3,(H,9,10). The zero-order chi connectivity index (χ0) is 9.07. The molecule has 0 aromatic carbocycles. The van der Waals surface area contributed by atoms with E-state index in [1.807, 2.05) is 0 Å². The van der Waals surface area contributed by atoms with Crippen LogP contribution in [0.15, 0.2) is 0 Å². The maximum Gasteiger partial charge on any atom is 0.320 e. The third-order valence-electron chi connectivity index (χ3n) is 1.59. The van der Waals surface area contributed by atoms with E-state index in [4.69, 9.17) is 5.11 Å². The second-order valence-corrected chi connectivity index (χ2v) is 2.83. The van der Waals surface area contributed by atoms with Crippen molar-refractivity contribution in [2.75, 3.05) is 0 Å². The highest BCUT2D eigenvalue weighted by atomic mass is 16.4. The summed E-state index contributed by atoms with van der Waals surface area (Å²) in [5.74, 6) is -0.960. The Labute approximate surface area is 66.2 Å². The van der Waals surface area contributed by atoms with Gasteiger partial charge in [0, 0.05) is 0 Å². The minimum atomic E-state index is -1.09. The number of aliphatic carboxylic acids is 1. The summed E-state index contributed by atoms with van der Waals surface area (Å²) in [5, 5.41) is 20.4. The predicted molar refractivity (Wildman–Crippen MR) is 41.1 cm³/mol. The van der Waals surface area contributed by atoms with Crippen LogP contribution in [0, 0.1) is 0 Å². The van der Waals surface area contributed by atoms with Crippen LogP contribution in [0.2, 0.25) is 0 Å².